The van der Waals surface area contributed by atoms with Gasteiger partial charge in [0.2, 0.25) is 5.91 Å². The number of nitrogens with one attached hydrogen (secondary N) is 1. The molecule has 19 heavy (non-hydrogen) atoms. The lowest BCUT2D eigenvalue weighted by atomic mass is 9.91. The summed E-state index contributed by atoms with van der Waals surface area (Å²) in [6, 6.07) is 6.00. The molecule has 1 aliphatic heterocycles. The van der Waals surface area contributed by atoms with Crippen LogP contribution in [-0.2, 0) is 11.2 Å². The maximum Gasteiger partial charge on any atom is 0.573 e. The van der Waals surface area contributed by atoms with Crippen molar-refractivity contribution in [1.82, 2.24) is 5.32 Å². The van der Waals surface area contributed by atoms with Gasteiger partial charge in [0.25, 0.3) is 0 Å². The Morgan fingerprint density at radius 1 is 1.37 bits per heavy atom. The lowest BCUT2D eigenvalue weighted by molar-refractivity contribution is -0.275. The molecule has 0 spiro atoms. The van der Waals surface area contributed by atoms with Gasteiger partial charge >= 0.3 is 6.36 Å². The summed E-state index contributed by atoms with van der Waals surface area (Å²) in [5, 5.41) is 2.79. The second-order valence-electron chi connectivity index (χ2n) is 4.94. The smallest absolute Gasteiger partial charge is 0.406 e. The Labute approximate surface area is 108 Å². The SMILES string of the molecule is CC1(Cc2ccccc2OC(F)(F)F)CCC(=O)N1. The fourth-order valence-electron chi connectivity index (χ4n) is 2.28. The summed E-state index contributed by atoms with van der Waals surface area (Å²) in [6.45, 7) is 1.82. The Morgan fingerprint density at radius 2 is 2.05 bits per heavy atom. The first kappa shape index (κ1) is 13.7. The Morgan fingerprint density at radius 3 is 2.63 bits per heavy atom. The molecule has 0 aliphatic carbocycles. The van der Waals surface area contributed by atoms with E-state index < -0.39 is 11.9 Å². The highest BCUT2D eigenvalue weighted by molar-refractivity contribution is 5.79. The molecule has 1 fully saturated rings. The third kappa shape index (κ3) is 3.62. The molecule has 1 unspecified atom stereocenters. The third-order valence-electron chi connectivity index (χ3n) is 3.12. The van der Waals surface area contributed by atoms with E-state index >= 15 is 0 Å². The average molecular weight is 273 g/mol. The van der Waals surface area contributed by atoms with E-state index in [0.29, 0.717) is 24.8 Å². The molecule has 1 aliphatic rings. The van der Waals surface area contributed by atoms with Crippen LogP contribution in [-0.4, -0.2) is 17.8 Å². The van der Waals surface area contributed by atoms with Crippen LogP contribution >= 0.6 is 0 Å². The highest BCUT2D eigenvalue weighted by atomic mass is 19.4. The third-order valence-corrected chi connectivity index (χ3v) is 3.12. The lowest BCUT2D eigenvalue weighted by Gasteiger charge is -2.25. The van der Waals surface area contributed by atoms with Crippen LogP contribution in [0.4, 0.5) is 13.2 Å². The number of carbonyl (C=O) groups is 1. The van der Waals surface area contributed by atoms with E-state index in [1.54, 1.807) is 12.1 Å². The van der Waals surface area contributed by atoms with Gasteiger partial charge < -0.3 is 10.1 Å². The molecule has 0 radical (unpaired) electrons. The molecule has 0 saturated carbocycles. The van der Waals surface area contributed by atoms with Crippen LogP contribution in [0, 0.1) is 0 Å². The fourth-order valence-corrected chi connectivity index (χ4v) is 2.28. The van der Waals surface area contributed by atoms with E-state index in [-0.39, 0.29) is 11.7 Å². The second-order valence-corrected chi connectivity index (χ2v) is 4.94. The van der Waals surface area contributed by atoms with Crippen LogP contribution in [0.3, 0.4) is 0 Å². The lowest BCUT2D eigenvalue weighted by Crippen LogP contribution is -2.40. The molecular weight excluding hydrogens is 259 g/mol. The molecule has 104 valence electrons. The first-order valence-electron chi connectivity index (χ1n) is 5.92. The highest BCUT2D eigenvalue weighted by Gasteiger charge is 2.36. The zero-order valence-electron chi connectivity index (χ0n) is 10.4. The van der Waals surface area contributed by atoms with Gasteiger partial charge in [-0.1, -0.05) is 18.2 Å². The van der Waals surface area contributed by atoms with E-state index in [4.69, 9.17) is 0 Å². The minimum Gasteiger partial charge on any atom is -0.406 e. The predicted octanol–water partition coefficient (Wildman–Crippen LogP) is 2.80. The first-order chi connectivity index (χ1) is 8.77. The number of carbonyl (C=O) groups excluding carboxylic acids is 1. The number of halogens is 3. The largest absolute Gasteiger partial charge is 0.573 e. The Kier molecular flexibility index (Phi) is 3.43. The monoisotopic (exact) mass is 273 g/mol. The topological polar surface area (TPSA) is 38.3 Å². The minimum absolute atomic E-state index is 0.0725. The summed E-state index contributed by atoms with van der Waals surface area (Å²) < 4.78 is 40.9. The molecule has 0 bridgehead atoms. The summed E-state index contributed by atoms with van der Waals surface area (Å²) in [7, 11) is 0. The van der Waals surface area contributed by atoms with Crippen molar-refractivity contribution < 1.29 is 22.7 Å². The van der Waals surface area contributed by atoms with E-state index in [1.165, 1.54) is 12.1 Å². The highest BCUT2D eigenvalue weighted by Crippen LogP contribution is 2.31. The number of amides is 1. The van der Waals surface area contributed by atoms with Crippen LogP contribution in [0.2, 0.25) is 0 Å². The van der Waals surface area contributed by atoms with Crippen LogP contribution in [0.15, 0.2) is 24.3 Å². The van der Waals surface area contributed by atoms with Crippen molar-refractivity contribution in [1.29, 1.82) is 0 Å². The minimum atomic E-state index is -4.71. The van der Waals surface area contributed by atoms with E-state index in [2.05, 4.69) is 10.1 Å². The Bertz CT molecular complexity index is 487. The van der Waals surface area contributed by atoms with E-state index in [9.17, 15) is 18.0 Å². The molecule has 1 heterocycles. The number of benzene rings is 1. The van der Waals surface area contributed by atoms with Crippen LogP contribution in [0.5, 0.6) is 5.75 Å². The fraction of sp³-hybridized carbons (Fsp3) is 0.462. The molecule has 1 N–H and O–H groups in total. The van der Waals surface area contributed by atoms with Crippen molar-refractivity contribution >= 4 is 5.91 Å². The van der Waals surface area contributed by atoms with Crippen molar-refractivity contribution in [2.45, 2.75) is 38.1 Å². The van der Waals surface area contributed by atoms with Gasteiger partial charge in [0.15, 0.2) is 0 Å². The van der Waals surface area contributed by atoms with E-state index in [0.717, 1.165) is 0 Å². The van der Waals surface area contributed by atoms with Gasteiger partial charge in [0.1, 0.15) is 5.75 Å². The van der Waals surface area contributed by atoms with Gasteiger partial charge in [-0.2, -0.15) is 0 Å². The van der Waals surface area contributed by atoms with Crippen LogP contribution in [0.1, 0.15) is 25.3 Å². The zero-order chi connectivity index (χ0) is 14.1. The van der Waals surface area contributed by atoms with Crippen molar-refractivity contribution in [2.75, 3.05) is 0 Å². The molecule has 2 rings (SSSR count). The standard InChI is InChI=1S/C13H14F3NO2/c1-12(7-6-11(18)17-12)8-9-4-2-3-5-10(9)19-13(14,15)16/h2-5H,6-8H2,1H3,(H,17,18). The number of hydrogen-bond acceptors (Lipinski definition) is 2. The van der Waals surface area contributed by atoms with Gasteiger partial charge in [0.05, 0.1) is 0 Å². The molecule has 1 saturated heterocycles. The molecule has 6 heteroatoms. The molecule has 1 amide bonds. The van der Waals surface area contributed by atoms with Gasteiger partial charge in [-0.3, -0.25) is 4.79 Å². The Hall–Kier alpha value is -1.72. The number of para-hydroxylation sites is 1. The summed E-state index contributed by atoms with van der Waals surface area (Å²) >= 11 is 0. The Balaban J connectivity index is 2.18. The average Bonchev–Trinajstić information content (AvgIpc) is 2.59. The molecule has 1 atom stereocenters. The summed E-state index contributed by atoms with van der Waals surface area (Å²) in [4.78, 5) is 11.2. The van der Waals surface area contributed by atoms with Crippen LogP contribution in [0.25, 0.3) is 0 Å². The molecule has 1 aromatic rings. The quantitative estimate of drug-likeness (QED) is 0.919. The van der Waals surface area contributed by atoms with Crippen molar-refractivity contribution in [3.8, 4) is 5.75 Å². The number of alkyl halides is 3. The maximum atomic E-state index is 12.3. The number of hydrogen-bond donors (Lipinski definition) is 1. The van der Waals surface area contributed by atoms with Crippen molar-refractivity contribution in [3.05, 3.63) is 29.8 Å². The van der Waals surface area contributed by atoms with Gasteiger partial charge in [-0.05, 0) is 31.4 Å². The van der Waals surface area contributed by atoms with Crippen molar-refractivity contribution in [2.24, 2.45) is 0 Å². The molecule has 0 aromatic heterocycles. The van der Waals surface area contributed by atoms with Crippen LogP contribution < -0.4 is 10.1 Å². The summed E-state index contributed by atoms with van der Waals surface area (Å²) in [5.41, 5.74) is -0.0770. The zero-order valence-corrected chi connectivity index (χ0v) is 10.4. The normalized spacial score (nSPS) is 23.3. The number of ether oxygens (including phenoxy) is 1. The maximum absolute atomic E-state index is 12.3. The first-order valence-corrected chi connectivity index (χ1v) is 5.92. The summed E-state index contributed by atoms with van der Waals surface area (Å²) in [5.74, 6) is -0.283. The summed E-state index contributed by atoms with van der Waals surface area (Å²) in [6.07, 6.45) is -3.40. The van der Waals surface area contributed by atoms with Gasteiger partial charge in [-0.25, -0.2) is 0 Å². The molecular formula is C13H14F3NO2. The van der Waals surface area contributed by atoms with Gasteiger partial charge in [0, 0.05) is 12.0 Å². The predicted molar refractivity (Wildman–Crippen MR) is 62.6 cm³/mol. The second kappa shape index (κ2) is 4.75. The molecule has 3 nitrogen and oxygen atoms in total. The van der Waals surface area contributed by atoms with Crippen molar-refractivity contribution in [3.63, 3.8) is 0 Å². The van der Waals surface area contributed by atoms with E-state index in [1.807, 2.05) is 6.92 Å². The molecule has 1 aromatic carbocycles. The van der Waals surface area contributed by atoms with Gasteiger partial charge in [-0.15, -0.1) is 13.2 Å². The number of rotatable bonds is 3.